The van der Waals surface area contributed by atoms with Crippen LogP contribution in [0.4, 0.5) is 8.78 Å². The zero-order valence-electron chi connectivity index (χ0n) is 19.6. The van der Waals surface area contributed by atoms with Crippen LogP contribution in [0.1, 0.15) is 39.9 Å². The summed E-state index contributed by atoms with van der Waals surface area (Å²) < 4.78 is 30.0. The van der Waals surface area contributed by atoms with Crippen LogP contribution in [0, 0.1) is 0 Å². The van der Waals surface area contributed by atoms with Crippen molar-refractivity contribution in [1.29, 1.82) is 0 Å². The van der Waals surface area contributed by atoms with Crippen LogP contribution < -0.4 is 21.7 Å². The number of carbonyl (C=O) groups is 4. The number of hydrogen-bond donors (Lipinski definition) is 1. The van der Waals surface area contributed by atoms with Gasteiger partial charge in [-0.25, -0.2) is 0 Å². The number of rotatable bonds is 5. The van der Waals surface area contributed by atoms with Gasteiger partial charge in [0.2, 0.25) is 19.8 Å². The first-order chi connectivity index (χ1) is 17.6. The Hall–Kier alpha value is -2.94. The van der Waals surface area contributed by atoms with Gasteiger partial charge in [0.05, 0.1) is 15.7 Å². The number of nitrogens with zero attached hydrogens (tertiary/aromatic N) is 2. The molecule has 0 spiro atoms. The average molecular weight is 521 g/mol. The summed E-state index contributed by atoms with van der Waals surface area (Å²) >= 11 is 5.73. The number of hydrogen-bond acceptors (Lipinski definition) is 4. The highest BCUT2D eigenvalue weighted by molar-refractivity contribution is 6.57. The first kappa shape index (κ1) is 28.1. The molecule has 1 unspecified atom stereocenters. The Bertz CT molecular complexity index is 1390. The Balaban J connectivity index is 1.73. The van der Waals surface area contributed by atoms with Gasteiger partial charge in [0.25, 0.3) is 11.8 Å². The Morgan fingerprint density at radius 1 is 1.05 bits per heavy atom. The molecule has 2 heterocycles. The Kier molecular flexibility index (Phi) is 7.14. The number of benzene rings is 2. The second-order valence-electron chi connectivity index (χ2n) is 8.95. The summed E-state index contributed by atoms with van der Waals surface area (Å²) in [4.78, 5) is 50.9. The normalized spacial score (nSPS) is 17.8. The zero-order valence-corrected chi connectivity index (χ0v) is 20.4. The molecule has 4 amide bonds. The summed E-state index contributed by atoms with van der Waals surface area (Å²) in [5, 5.41) is -0.421. The molecule has 2 aromatic rings. The minimum absolute atomic E-state index is 0.00429. The molecule has 16 heteroatoms. The smallest absolute Gasteiger partial charge is 0.348 e. The molecule has 0 bridgehead atoms. The third-order valence-corrected chi connectivity index (χ3v) is 6.86. The second kappa shape index (κ2) is 9.67. The summed E-state index contributed by atoms with van der Waals surface area (Å²) in [6, 6.07) is 3.14. The van der Waals surface area contributed by atoms with Crippen molar-refractivity contribution in [3.8, 4) is 0 Å². The maximum absolute atomic E-state index is 15.0. The predicted molar refractivity (Wildman–Crippen MR) is 140 cm³/mol. The van der Waals surface area contributed by atoms with Crippen LogP contribution in [-0.2, 0) is 32.2 Å². The van der Waals surface area contributed by atoms with Crippen LogP contribution in [0.5, 0.6) is 0 Å². The number of alkyl halides is 2. The number of halogens is 3. The molecular formula is C22H12B6ClF2N3O4. The lowest BCUT2D eigenvalue weighted by atomic mass is 9.49. The number of amides is 4. The minimum atomic E-state index is -4.19. The molecule has 7 nitrogen and oxygen atoms in total. The van der Waals surface area contributed by atoms with Crippen molar-refractivity contribution in [3.05, 3.63) is 51.5 Å². The molecule has 12 radical (unpaired) electrons. The monoisotopic (exact) mass is 521 g/mol. The van der Waals surface area contributed by atoms with E-state index in [0.717, 1.165) is 29.2 Å². The van der Waals surface area contributed by atoms with Crippen molar-refractivity contribution in [2.75, 3.05) is 0 Å². The molecule has 1 saturated heterocycles. The van der Waals surface area contributed by atoms with Crippen molar-refractivity contribution in [1.82, 2.24) is 15.0 Å². The van der Waals surface area contributed by atoms with E-state index < -0.39 is 57.5 Å². The molecule has 0 saturated carbocycles. The first-order valence-corrected chi connectivity index (χ1v) is 11.4. The van der Waals surface area contributed by atoms with E-state index in [-0.39, 0.29) is 51.3 Å². The van der Waals surface area contributed by atoms with Gasteiger partial charge in [0.1, 0.15) is 29.6 Å². The van der Waals surface area contributed by atoms with Gasteiger partial charge in [0.15, 0.2) is 0 Å². The molecule has 2 aliphatic rings. The van der Waals surface area contributed by atoms with Crippen molar-refractivity contribution < 1.29 is 28.0 Å². The Morgan fingerprint density at radius 3 is 2.24 bits per heavy atom. The van der Waals surface area contributed by atoms with E-state index in [9.17, 15) is 19.2 Å². The van der Waals surface area contributed by atoms with E-state index >= 15 is 8.78 Å². The minimum Gasteiger partial charge on any atom is -0.398 e. The van der Waals surface area contributed by atoms with Crippen molar-refractivity contribution in [2.24, 2.45) is 0 Å². The molecule has 0 aliphatic carbocycles. The molecule has 178 valence electrons. The fraction of sp³-hybridized carbons (Fsp3) is 0.273. The molecule has 2 aromatic carbocycles. The van der Waals surface area contributed by atoms with Crippen LogP contribution in [0.25, 0.3) is 0 Å². The van der Waals surface area contributed by atoms with Gasteiger partial charge in [-0.05, 0) is 29.5 Å². The summed E-state index contributed by atoms with van der Waals surface area (Å²) in [5.74, 6) is -8.06. The molecule has 1 atom stereocenters. The van der Waals surface area contributed by atoms with Crippen LogP contribution in [-0.4, -0.2) is 86.6 Å². The molecule has 0 aromatic heterocycles. The molecule has 1 fully saturated rings. The summed E-state index contributed by atoms with van der Waals surface area (Å²) in [6.45, 7) is -0.265. The number of imide groups is 1. The van der Waals surface area contributed by atoms with Crippen LogP contribution in [0.15, 0.2) is 24.3 Å². The molecule has 2 aliphatic heterocycles. The van der Waals surface area contributed by atoms with Gasteiger partial charge >= 0.3 is 5.92 Å². The third-order valence-electron chi connectivity index (χ3n) is 6.61. The molecule has 38 heavy (non-hydrogen) atoms. The maximum Gasteiger partial charge on any atom is 0.348 e. The first-order valence-electron chi connectivity index (χ1n) is 11.1. The lowest BCUT2D eigenvalue weighted by molar-refractivity contribution is -0.155. The summed E-state index contributed by atoms with van der Waals surface area (Å²) in [5.41, 5.74) is -2.47. The van der Waals surface area contributed by atoms with Gasteiger partial charge in [-0.1, -0.05) is 45.7 Å². The van der Waals surface area contributed by atoms with Crippen molar-refractivity contribution in [3.63, 3.8) is 0 Å². The van der Waals surface area contributed by atoms with Gasteiger partial charge in [-0.2, -0.15) is 8.78 Å². The highest BCUT2D eigenvalue weighted by atomic mass is 35.5. The largest absolute Gasteiger partial charge is 0.398 e. The number of fused-ring (bicyclic) bond motifs is 1. The van der Waals surface area contributed by atoms with Crippen molar-refractivity contribution >= 4 is 98.8 Å². The summed E-state index contributed by atoms with van der Waals surface area (Å²) in [7, 11) is 36.3. The van der Waals surface area contributed by atoms with Crippen LogP contribution >= 0.6 is 11.6 Å². The number of carbonyl (C=O) groups excluding carboxylic acids is 4. The van der Waals surface area contributed by atoms with E-state index in [4.69, 9.17) is 58.8 Å². The SMILES string of the molecule is [B]c1c([B])c(C([B])([B])N([B])C(=O)C(F)(F)c2ccc(Cl)cc2)c([B])c2c1C(=O)N(C1CCC(=O)NC1=O)C2. The standard InChI is InChI=1S/C22H12B6ClF2N3O4/c23-15-10-7-33(11-5-6-12(35)32-18(11)36)19(37)13(10)16(24)17(25)14(15)22(26,27)34(28)20(38)21(30,31)8-1-3-9(29)4-2-8/h1-4,11H,5-7H2,(H,32,35,36). The third kappa shape index (κ3) is 4.38. The Labute approximate surface area is 229 Å². The fourth-order valence-corrected chi connectivity index (χ4v) is 4.67. The van der Waals surface area contributed by atoms with Gasteiger partial charge in [-0.15, -0.1) is 0 Å². The summed E-state index contributed by atoms with van der Waals surface area (Å²) in [6.07, 6.45) is 0.0464. The topological polar surface area (TPSA) is 86.8 Å². The maximum atomic E-state index is 15.0. The van der Waals surface area contributed by atoms with Gasteiger partial charge < -0.3 is 9.71 Å². The molecule has 1 N–H and O–H groups in total. The van der Waals surface area contributed by atoms with Gasteiger partial charge in [0, 0.05) is 29.1 Å². The Morgan fingerprint density at radius 2 is 1.66 bits per heavy atom. The quantitative estimate of drug-likeness (QED) is 0.353. The van der Waals surface area contributed by atoms with Crippen LogP contribution in [0.2, 0.25) is 5.02 Å². The van der Waals surface area contributed by atoms with Crippen LogP contribution in [0.3, 0.4) is 0 Å². The fourth-order valence-electron chi connectivity index (χ4n) is 4.54. The highest BCUT2D eigenvalue weighted by Gasteiger charge is 2.47. The van der Waals surface area contributed by atoms with E-state index in [1.807, 2.05) is 0 Å². The average Bonchev–Trinajstić information content (AvgIpc) is 3.19. The molecule has 4 rings (SSSR count). The number of nitrogens with one attached hydrogen (secondary N) is 1. The van der Waals surface area contributed by atoms with E-state index in [1.165, 1.54) is 0 Å². The zero-order chi connectivity index (χ0) is 28.3. The lowest BCUT2D eigenvalue weighted by Gasteiger charge is -2.43. The second-order valence-corrected chi connectivity index (χ2v) is 9.39. The highest BCUT2D eigenvalue weighted by Crippen LogP contribution is 2.34. The predicted octanol–water partition coefficient (Wildman–Crippen LogP) is -2.37. The van der Waals surface area contributed by atoms with Crippen molar-refractivity contribution in [2.45, 2.75) is 36.7 Å². The van der Waals surface area contributed by atoms with E-state index in [0.29, 0.717) is 0 Å². The van der Waals surface area contributed by atoms with E-state index in [1.54, 1.807) is 0 Å². The van der Waals surface area contributed by atoms with Gasteiger partial charge in [-0.3, -0.25) is 24.5 Å². The molecular weight excluding hydrogens is 509 g/mol. The number of piperidine rings is 1. The lowest BCUT2D eigenvalue weighted by Crippen LogP contribution is -2.59. The van der Waals surface area contributed by atoms with E-state index in [2.05, 4.69) is 5.32 Å².